The zero-order chi connectivity index (χ0) is 23.3. The highest BCUT2D eigenvalue weighted by molar-refractivity contribution is 6.12. The van der Waals surface area contributed by atoms with Crippen LogP contribution in [0.15, 0.2) is 36.8 Å². The number of allylic oxidation sites excluding steroid dienone is 1. The molecular weight excluding hydrogens is 425 g/mol. The van der Waals surface area contributed by atoms with E-state index in [1.165, 1.54) is 24.7 Å². The Kier molecular flexibility index (Phi) is 7.15. The fourth-order valence-corrected chi connectivity index (χ4v) is 3.74. The van der Waals surface area contributed by atoms with Gasteiger partial charge in [-0.05, 0) is 17.7 Å². The maximum Gasteiger partial charge on any atom is 0.573 e. The second-order valence-corrected chi connectivity index (χ2v) is 7.12. The summed E-state index contributed by atoms with van der Waals surface area (Å²) in [6, 6.07) is 5.60. The summed E-state index contributed by atoms with van der Waals surface area (Å²) in [5, 5.41) is 7.58. The third kappa shape index (κ3) is 5.26. The highest BCUT2D eigenvalue weighted by atomic mass is 19.4. The van der Waals surface area contributed by atoms with Crippen LogP contribution in [0.4, 0.5) is 24.8 Å². The Hall–Kier alpha value is -3.38. The van der Waals surface area contributed by atoms with Crippen LogP contribution in [0.3, 0.4) is 0 Å². The van der Waals surface area contributed by atoms with Gasteiger partial charge in [0.25, 0.3) is 0 Å². The first-order valence-electron chi connectivity index (χ1n) is 9.85. The largest absolute Gasteiger partial charge is 0.573 e. The molecule has 1 aromatic carbocycles. The first kappa shape index (κ1) is 23.3. The van der Waals surface area contributed by atoms with Gasteiger partial charge in [-0.1, -0.05) is 12.1 Å². The molecule has 7 N–H and O–H groups in total. The number of aromatic nitrogens is 2. The van der Waals surface area contributed by atoms with Gasteiger partial charge in [-0.15, -0.1) is 13.2 Å². The van der Waals surface area contributed by atoms with E-state index in [0.717, 1.165) is 11.8 Å². The van der Waals surface area contributed by atoms with Crippen molar-refractivity contribution in [2.75, 3.05) is 43.4 Å². The molecule has 1 saturated heterocycles. The van der Waals surface area contributed by atoms with Crippen LogP contribution in [0.5, 0.6) is 5.75 Å². The summed E-state index contributed by atoms with van der Waals surface area (Å²) in [6.07, 6.45) is -0.971. The first-order valence-corrected chi connectivity index (χ1v) is 9.85. The highest BCUT2D eigenvalue weighted by Crippen LogP contribution is 2.30. The smallest absolute Gasteiger partial charge is 0.406 e. The number of hydrogen-bond acceptors (Lipinski definition) is 9. The fraction of sp³-hybridized carbons (Fsp3) is 0.350. The molecule has 1 atom stereocenters. The van der Waals surface area contributed by atoms with Crippen LogP contribution in [0.1, 0.15) is 17.2 Å². The van der Waals surface area contributed by atoms with E-state index in [1.807, 2.05) is 4.90 Å². The van der Waals surface area contributed by atoms with Crippen LogP contribution in [-0.4, -0.2) is 60.2 Å². The van der Waals surface area contributed by atoms with Crippen LogP contribution in [-0.2, 0) is 0 Å². The summed E-state index contributed by atoms with van der Waals surface area (Å²) in [7, 11) is 0. The molecule has 1 unspecified atom stereocenters. The molecule has 12 heteroatoms. The number of nitrogens with two attached hydrogens (primary N) is 3. The van der Waals surface area contributed by atoms with Crippen LogP contribution in [0.25, 0.3) is 5.57 Å². The molecule has 0 aliphatic carbocycles. The number of nitrogen functional groups attached to an aromatic ring is 1. The molecule has 32 heavy (non-hydrogen) atoms. The zero-order valence-electron chi connectivity index (χ0n) is 17.2. The molecule has 0 amide bonds. The van der Waals surface area contributed by atoms with Crippen molar-refractivity contribution in [3.05, 3.63) is 47.9 Å². The van der Waals surface area contributed by atoms with E-state index < -0.39 is 6.36 Å². The minimum absolute atomic E-state index is 0.159. The maximum absolute atomic E-state index is 12.4. The van der Waals surface area contributed by atoms with Crippen LogP contribution in [0.2, 0.25) is 0 Å². The standard InChI is InChI=1S/C20H25F3N8O/c21-20(22,23)32-15-3-1-13(2-4-15)16(11-26)30-5-7-31(8-6-30)19-17(14(9-24)10-25)18(27)28-12-29-19/h1-4,9-10,12,16,24H,5-8,11,25-26H2,(H2,27,28,29). The van der Waals surface area contributed by atoms with Crippen LogP contribution >= 0.6 is 0 Å². The SMILES string of the molecule is N=CC(=CN)c1c(N)ncnc1N1CCN(C(CN)c2ccc(OC(F)(F)F)cc2)CC1. The molecular formula is C20H25F3N8O. The van der Waals surface area contributed by atoms with Crippen LogP contribution in [0, 0.1) is 5.41 Å². The molecule has 2 aromatic rings. The van der Waals surface area contributed by atoms with Crippen molar-refractivity contribution < 1.29 is 17.9 Å². The van der Waals surface area contributed by atoms with E-state index >= 15 is 0 Å². The minimum Gasteiger partial charge on any atom is -0.406 e. The van der Waals surface area contributed by atoms with Crippen molar-refractivity contribution in [2.24, 2.45) is 11.5 Å². The number of piperazine rings is 1. The number of nitrogens with zero attached hydrogens (tertiary/aromatic N) is 4. The summed E-state index contributed by atoms with van der Waals surface area (Å²) in [5.41, 5.74) is 19.4. The van der Waals surface area contributed by atoms with Crippen molar-refractivity contribution in [1.29, 1.82) is 5.41 Å². The summed E-state index contributed by atoms with van der Waals surface area (Å²) in [5.74, 6) is 0.555. The van der Waals surface area contributed by atoms with Crippen molar-refractivity contribution in [2.45, 2.75) is 12.4 Å². The molecule has 1 aliphatic rings. The summed E-state index contributed by atoms with van der Waals surface area (Å²) in [4.78, 5) is 12.6. The Morgan fingerprint density at radius 1 is 1.16 bits per heavy atom. The van der Waals surface area contributed by atoms with Gasteiger partial charge in [0, 0.05) is 56.8 Å². The molecule has 3 rings (SSSR count). The summed E-state index contributed by atoms with van der Waals surface area (Å²) in [6.45, 7) is 2.78. The number of benzene rings is 1. The molecule has 2 heterocycles. The number of rotatable bonds is 7. The van der Waals surface area contributed by atoms with E-state index in [4.69, 9.17) is 22.6 Å². The molecule has 0 spiro atoms. The second-order valence-electron chi connectivity index (χ2n) is 7.12. The number of nitrogens with one attached hydrogen (secondary N) is 1. The molecule has 0 radical (unpaired) electrons. The summed E-state index contributed by atoms with van der Waals surface area (Å²) >= 11 is 0. The highest BCUT2D eigenvalue weighted by Gasteiger charge is 2.31. The maximum atomic E-state index is 12.4. The number of hydrogen-bond donors (Lipinski definition) is 4. The van der Waals surface area contributed by atoms with E-state index in [-0.39, 0.29) is 17.6 Å². The Morgan fingerprint density at radius 3 is 2.34 bits per heavy atom. The molecule has 0 saturated carbocycles. The lowest BCUT2D eigenvalue weighted by Gasteiger charge is -2.40. The lowest BCUT2D eigenvalue weighted by atomic mass is 10.0. The fourth-order valence-electron chi connectivity index (χ4n) is 3.74. The average Bonchev–Trinajstić information content (AvgIpc) is 2.77. The predicted octanol–water partition coefficient (Wildman–Crippen LogP) is 1.73. The molecule has 1 aliphatic heterocycles. The lowest BCUT2D eigenvalue weighted by molar-refractivity contribution is -0.274. The number of ether oxygens (including phenoxy) is 1. The molecule has 9 nitrogen and oxygen atoms in total. The molecule has 172 valence electrons. The topological polar surface area (TPSA) is 143 Å². The minimum atomic E-state index is -4.73. The molecule has 1 fully saturated rings. The Bertz CT molecular complexity index is 956. The third-order valence-electron chi connectivity index (χ3n) is 5.26. The number of halogens is 3. The summed E-state index contributed by atoms with van der Waals surface area (Å²) < 4.78 is 41.1. The second kappa shape index (κ2) is 9.83. The normalized spacial score (nSPS) is 16.6. The van der Waals surface area contributed by atoms with Crippen molar-refractivity contribution in [3.63, 3.8) is 0 Å². The molecule has 1 aromatic heterocycles. The van der Waals surface area contributed by atoms with Gasteiger partial charge in [-0.25, -0.2) is 9.97 Å². The Balaban J connectivity index is 1.73. The number of alkyl halides is 3. The monoisotopic (exact) mass is 450 g/mol. The Morgan fingerprint density at radius 2 is 1.81 bits per heavy atom. The molecule has 0 bridgehead atoms. The van der Waals surface area contributed by atoms with Gasteiger partial charge in [0.1, 0.15) is 23.7 Å². The van der Waals surface area contributed by atoms with Crippen molar-refractivity contribution in [1.82, 2.24) is 14.9 Å². The quantitative estimate of drug-likeness (QED) is 0.467. The van der Waals surface area contributed by atoms with Crippen molar-refractivity contribution >= 4 is 23.4 Å². The van der Waals surface area contributed by atoms with E-state index in [2.05, 4.69) is 19.6 Å². The van der Waals surface area contributed by atoms with Gasteiger partial charge >= 0.3 is 6.36 Å². The predicted molar refractivity (Wildman–Crippen MR) is 116 cm³/mol. The van der Waals surface area contributed by atoms with E-state index in [9.17, 15) is 13.2 Å². The van der Waals surface area contributed by atoms with E-state index in [1.54, 1.807) is 12.1 Å². The third-order valence-corrected chi connectivity index (χ3v) is 5.26. The Labute approximate surface area is 183 Å². The van der Waals surface area contributed by atoms with Gasteiger partial charge in [0.05, 0.1) is 5.56 Å². The average molecular weight is 450 g/mol. The van der Waals surface area contributed by atoms with Gasteiger partial charge in [-0.2, -0.15) is 0 Å². The number of anilines is 2. The van der Waals surface area contributed by atoms with Gasteiger partial charge < -0.3 is 32.2 Å². The van der Waals surface area contributed by atoms with Gasteiger partial charge in [0.15, 0.2) is 0 Å². The van der Waals surface area contributed by atoms with Gasteiger partial charge in [0.2, 0.25) is 0 Å². The zero-order valence-corrected chi connectivity index (χ0v) is 17.2. The van der Waals surface area contributed by atoms with Crippen LogP contribution < -0.4 is 26.8 Å². The van der Waals surface area contributed by atoms with Gasteiger partial charge in [-0.3, -0.25) is 4.90 Å². The lowest BCUT2D eigenvalue weighted by Crippen LogP contribution is -2.49. The van der Waals surface area contributed by atoms with Crippen molar-refractivity contribution in [3.8, 4) is 5.75 Å². The van der Waals surface area contributed by atoms with E-state index in [0.29, 0.717) is 49.7 Å². The first-order chi connectivity index (χ1) is 15.3.